The van der Waals surface area contributed by atoms with Crippen LogP contribution in [0.15, 0.2) is 24.4 Å². The number of aromatic nitrogens is 2. The van der Waals surface area contributed by atoms with Crippen molar-refractivity contribution in [3.63, 3.8) is 0 Å². The number of alkyl halides is 1. The van der Waals surface area contributed by atoms with Crippen molar-refractivity contribution < 1.29 is 0 Å². The van der Waals surface area contributed by atoms with Crippen LogP contribution in [0.3, 0.4) is 0 Å². The van der Waals surface area contributed by atoms with Gasteiger partial charge in [0.25, 0.3) is 0 Å². The van der Waals surface area contributed by atoms with Gasteiger partial charge in [0, 0.05) is 5.56 Å². The van der Waals surface area contributed by atoms with Gasteiger partial charge in [0.1, 0.15) is 5.82 Å². The van der Waals surface area contributed by atoms with Crippen molar-refractivity contribution in [3.8, 4) is 11.3 Å². The lowest BCUT2D eigenvalue weighted by atomic mass is 10.2. The molecule has 0 aliphatic heterocycles. The average Bonchev–Trinajstić information content (AvgIpc) is 2.70. The smallest absolute Gasteiger partial charge is 0.121 e. The highest BCUT2D eigenvalue weighted by atomic mass is 35.5. The monoisotopic (exact) mass is 260 g/mol. The second-order valence-electron chi connectivity index (χ2n) is 3.01. The molecule has 0 aliphatic carbocycles. The molecule has 0 saturated heterocycles. The van der Waals surface area contributed by atoms with Crippen molar-refractivity contribution in [2.45, 2.75) is 5.88 Å². The van der Waals surface area contributed by atoms with E-state index in [0.717, 1.165) is 17.1 Å². The summed E-state index contributed by atoms with van der Waals surface area (Å²) in [6.45, 7) is 0. The van der Waals surface area contributed by atoms with Crippen molar-refractivity contribution in [2.75, 3.05) is 0 Å². The lowest BCUT2D eigenvalue weighted by Gasteiger charge is -1.99. The first kappa shape index (κ1) is 10.8. The molecule has 1 heterocycles. The average molecular weight is 262 g/mol. The summed E-state index contributed by atoms with van der Waals surface area (Å²) in [6.07, 6.45) is 1.72. The van der Waals surface area contributed by atoms with Gasteiger partial charge in [-0.3, -0.25) is 0 Å². The number of benzene rings is 1. The van der Waals surface area contributed by atoms with E-state index in [1.807, 2.05) is 6.07 Å². The molecule has 0 unspecified atom stereocenters. The van der Waals surface area contributed by atoms with E-state index in [0.29, 0.717) is 15.9 Å². The molecule has 1 N–H and O–H groups in total. The molecule has 2 nitrogen and oxygen atoms in total. The predicted octanol–water partition coefficient (Wildman–Crippen LogP) is 4.12. The van der Waals surface area contributed by atoms with Crippen LogP contribution in [0.2, 0.25) is 10.0 Å². The van der Waals surface area contributed by atoms with Crippen molar-refractivity contribution >= 4 is 34.8 Å². The maximum Gasteiger partial charge on any atom is 0.121 e. The van der Waals surface area contributed by atoms with Gasteiger partial charge >= 0.3 is 0 Å². The Labute approximate surface area is 102 Å². The van der Waals surface area contributed by atoms with E-state index in [9.17, 15) is 0 Å². The molecule has 0 fully saturated rings. The molecule has 0 amide bonds. The first-order valence-electron chi connectivity index (χ1n) is 4.26. The topological polar surface area (TPSA) is 28.7 Å². The number of hydrogen-bond donors (Lipinski definition) is 1. The predicted molar refractivity (Wildman–Crippen MR) is 63.6 cm³/mol. The summed E-state index contributed by atoms with van der Waals surface area (Å²) in [6, 6.07) is 5.41. The van der Waals surface area contributed by atoms with Gasteiger partial charge in [-0.25, -0.2) is 4.98 Å². The molecular weight excluding hydrogens is 254 g/mol. The summed E-state index contributed by atoms with van der Waals surface area (Å²) >= 11 is 17.4. The summed E-state index contributed by atoms with van der Waals surface area (Å²) in [5.41, 5.74) is 1.82. The Morgan fingerprint density at radius 2 is 2.00 bits per heavy atom. The molecular formula is C10H7Cl3N2. The van der Waals surface area contributed by atoms with E-state index in [4.69, 9.17) is 34.8 Å². The van der Waals surface area contributed by atoms with Gasteiger partial charge in [0.2, 0.25) is 0 Å². The van der Waals surface area contributed by atoms with Gasteiger partial charge in [-0.15, -0.1) is 11.6 Å². The third kappa shape index (κ3) is 2.28. The summed E-state index contributed by atoms with van der Waals surface area (Å²) in [5, 5.41) is 1.06. The molecule has 2 rings (SSSR count). The SMILES string of the molecule is ClCc1ncc(-c2ccc(Cl)c(Cl)c2)[nH]1. The summed E-state index contributed by atoms with van der Waals surface area (Å²) < 4.78 is 0. The highest BCUT2D eigenvalue weighted by Gasteiger charge is 2.04. The third-order valence-corrected chi connectivity index (χ3v) is 2.98. The standard InChI is InChI=1S/C10H7Cl3N2/c11-4-10-14-5-9(15-10)6-1-2-7(12)8(13)3-6/h1-3,5H,4H2,(H,14,15). The number of nitrogens with one attached hydrogen (secondary N) is 1. The van der Waals surface area contributed by atoms with Crippen LogP contribution in [-0.4, -0.2) is 9.97 Å². The minimum atomic E-state index is 0.362. The van der Waals surface area contributed by atoms with E-state index >= 15 is 0 Å². The minimum absolute atomic E-state index is 0.362. The number of H-pyrrole nitrogens is 1. The molecule has 2 aromatic rings. The summed E-state index contributed by atoms with van der Waals surface area (Å²) in [4.78, 5) is 7.18. The molecule has 0 atom stereocenters. The maximum atomic E-state index is 5.91. The number of halogens is 3. The highest BCUT2D eigenvalue weighted by molar-refractivity contribution is 6.42. The summed E-state index contributed by atoms with van der Waals surface area (Å²) in [7, 11) is 0. The molecule has 15 heavy (non-hydrogen) atoms. The second kappa shape index (κ2) is 4.44. The Kier molecular flexibility index (Phi) is 3.19. The lowest BCUT2D eigenvalue weighted by Crippen LogP contribution is -1.81. The van der Waals surface area contributed by atoms with Crippen LogP contribution in [0.5, 0.6) is 0 Å². The van der Waals surface area contributed by atoms with Crippen LogP contribution in [0.1, 0.15) is 5.82 Å². The maximum absolute atomic E-state index is 5.91. The number of hydrogen-bond acceptors (Lipinski definition) is 1. The highest BCUT2D eigenvalue weighted by Crippen LogP contribution is 2.27. The van der Waals surface area contributed by atoms with Gasteiger partial charge in [-0.05, 0) is 12.1 Å². The quantitative estimate of drug-likeness (QED) is 0.809. The first-order chi connectivity index (χ1) is 7.20. The van der Waals surface area contributed by atoms with Crippen molar-refractivity contribution in [1.29, 1.82) is 0 Å². The molecule has 0 bridgehead atoms. The third-order valence-electron chi connectivity index (χ3n) is 1.99. The zero-order valence-corrected chi connectivity index (χ0v) is 9.87. The van der Waals surface area contributed by atoms with Gasteiger partial charge in [0.15, 0.2) is 0 Å². The van der Waals surface area contributed by atoms with Crippen LogP contribution >= 0.6 is 34.8 Å². The molecule has 0 radical (unpaired) electrons. The normalized spacial score (nSPS) is 10.6. The number of rotatable bonds is 2. The zero-order valence-electron chi connectivity index (χ0n) is 7.60. The lowest BCUT2D eigenvalue weighted by molar-refractivity contribution is 1.12. The van der Waals surface area contributed by atoms with Crippen LogP contribution in [0.4, 0.5) is 0 Å². The molecule has 1 aromatic heterocycles. The fourth-order valence-electron chi connectivity index (χ4n) is 1.24. The number of imidazole rings is 1. The van der Waals surface area contributed by atoms with Crippen molar-refractivity contribution in [1.82, 2.24) is 9.97 Å². The molecule has 78 valence electrons. The zero-order chi connectivity index (χ0) is 10.8. The van der Waals surface area contributed by atoms with E-state index in [1.165, 1.54) is 0 Å². The Bertz CT molecular complexity index is 479. The van der Waals surface area contributed by atoms with Crippen molar-refractivity contribution in [3.05, 3.63) is 40.3 Å². The van der Waals surface area contributed by atoms with E-state index in [-0.39, 0.29) is 0 Å². The molecule has 5 heteroatoms. The second-order valence-corrected chi connectivity index (χ2v) is 4.09. The van der Waals surface area contributed by atoms with Gasteiger partial charge < -0.3 is 4.98 Å². The van der Waals surface area contributed by atoms with Crippen LogP contribution < -0.4 is 0 Å². The largest absolute Gasteiger partial charge is 0.341 e. The molecule has 0 aliphatic rings. The summed E-state index contributed by atoms with van der Waals surface area (Å²) in [5.74, 6) is 1.10. The fourth-order valence-corrected chi connectivity index (χ4v) is 1.67. The number of nitrogens with zero attached hydrogens (tertiary/aromatic N) is 1. The van der Waals surface area contributed by atoms with Gasteiger partial charge in [-0.1, -0.05) is 29.3 Å². The Morgan fingerprint density at radius 3 is 2.60 bits per heavy atom. The van der Waals surface area contributed by atoms with Crippen LogP contribution in [0.25, 0.3) is 11.3 Å². The molecule has 0 spiro atoms. The Balaban J connectivity index is 2.40. The van der Waals surface area contributed by atoms with E-state index in [1.54, 1.807) is 18.3 Å². The Morgan fingerprint density at radius 1 is 1.20 bits per heavy atom. The van der Waals surface area contributed by atoms with E-state index in [2.05, 4.69) is 9.97 Å². The van der Waals surface area contributed by atoms with Crippen LogP contribution in [0, 0.1) is 0 Å². The Hall–Kier alpha value is -0.700. The van der Waals surface area contributed by atoms with E-state index < -0.39 is 0 Å². The first-order valence-corrected chi connectivity index (χ1v) is 5.55. The fraction of sp³-hybridized carbons (Fsp3) is 0.100. The van der Waals surface area contributed by atoms with Crippen molar-refractivity contribution in [2.24, 2.45) is 0 Å². The van der Waals surface area contributed by atoms with Gasteiger partial charge in [0.05, 0.1) is 27.8 Å². The van der Waals surface area contributed by atoms with Crippen LogP contribution in [-0.2, 0) is 5.88 Å². The van der Waals surface area contributed by atoms with Gasteiger partial charge in [-0.2, -0.15) is 0 Å². The molecule has 0 saturated carbocycles. The minimum Gasteiger partial charge on any atom is -0.341 e. The number of aromatic amines is 1. The molecule has 1 aromatic carbocycles.